The molecule has 0 aliphatic rings. The van der Waals surface area contributed by atoms with E-state index in [4.69, 9.17) is 5.11 Å². The Labute approximate surface area is 135 Å². The molecule has 1 aromatic heterocycles. The predicted molar refractivity (Wildman–Crippen MR) is 86.9 cm³/mol. The van der Waals surface area contributed by atoms with Crippen molar-refractivity contribution in [3.63, 3.8) is 0 Å². The molecule has 6 heteroatoms. The van der Waals surface area contributed by atoms with Gasteiger partial charge in [-0.15, -0.1) is 0 Å². The van der Waals surface area contributed by atoms with Gasteiger partial charge in [0.2, 0.25) is 0 Å². The highest BCUT2D eigenvalue weighted by Gasteiger charge is 2.25. The number of nitrogens with zero attached hydrogens (tertiary/aromatic N) is 3. The summed E-state index contributed by atoms with van der Waals surface area (Å²) in [6.45, 7) is 5.60. The second-order valence-electron chi connectivity index (χ2n) is 5.41. The number of rotatable bonds is 6. The molecule has 0 radical (unpaired) electrons. The lowest BCUT2D eigenvalue weighted by Gasteiger charge is -2.20. The smallest absolute Gasteiger partial charge is 0.323 e. The summed E-state index contributed by atoms with van der Waals surface area (Å²) in [5.74, 6) is -1.30. The van der Waals surface area contributed by atoms with Gasteiger partial charge < -0.3 is 10.0 Å². The minimum atomic E-state index is -1.02. The van der Waals surface area contributed by atoms with Gasteiger partial charge >= 0.3 is 5.97 Å². The first-order valence-corrected chi connectivity index (χ1v) is 7.58. The number of carboxylic acids is 1. The fourth-order valence-corrected chi connectivity index (χ4v) is 2.62. The van der Waals surface area contributed by atoms with Gasteiger partial charge in [0.05, 0.1) is 22.6 Å². The molecular formula is C17H21N3O3. The maximum absolute atomic E-state index is 12.8. The molecule has 2 aromatic rings. The molecule has 122 valence electrons. The summed E-state index contributed by atoms with van der Waals surface area (Å²) in [5.41, 5.74) is 2.66. The van der Waals surface area contributed by atoms with Gasteiger partial charge in [-0.2, -0.15) is 5.10 Å². The Bertz CT molecular complexity index is 707. The molecule has 6 nitrogen and oxygen atoms in total. The molecule has 2 rings (SSSR count). The molecule has 0 aliphatic heterocycles. The van der Waals surface area contributed by atoms with Crippen molar-refractivity contribution in [2.24, 2.45) is 0 Å². The number of aromatic nitrogens is 2. The van der Waals surface area contributed by atoms with E-state index in [2.05, 4.69) is 5.10 Å². The highest BCUT2D eigenvalue weighted by molar-refractivity contribution is 5.98. The Hall–Kier alpha value is -2.63. The Kier molecular flexibility index (Phi) is 5.16. The predicted octanol–water partition coefficient (Wildman–Crippen LogP) is 2.43. The number of amides is 1. The third kappa shape index (κ3) is 3.59. The number of carbonyl (C=O) groups excluding carboxylic acids is 1. The largest absolute Gasteiger partial charge is 0.480 e. The summed E-state index contributed by atoms with van der Waals surface area (Å²) >= 11 is 0. The van der Waals surface area contributed by atoms with Crippen molar-refractivity contribution in [2.45, 2.75) is 27.2 Å². The Balaban J connectivity index is 2.41. The fourth-order valence-electron chi connectivity index (χ4n) is 2.62. The fraction of sp³-hybridized carbons (Fsp3) is 0.353. The molecule has 1 amide bonds. The Morgan fingerprint density at radius 1 is 1.22 bits per heavy atom. The van der Waals surface area contributed by atoms with Gasteiger partial charge in [-0.05, 0) is 32.4 Å². The second kappa shape index (κ2) is 7.09. The first-order valence-electron chi connectivity index (χ1n) is 7.58. The van der Waals surface area contributed by atoms with Gasteiger partial charge in [0.15, 0.2) is 0 Å². The number of hydrogen-bond acceptors (Lipinski definition) is 3. The van der Waals surface area contributed by atoms with Gasteiger partial charge in [0.25, 0.3) is 5.91 Å². The molecule has 0 saturated heterocycles. The summed E-state index contributed by atoms with van der Waals surface area (Å²) in [4.78, 5) is 25.1. The zero-order valence-electron chi connectivity index (χ0n) is 13.6. The molecular weight excluding hydrogens is 294 g/mol. The number of carbonyl (C=O) groups is 2. The number of carboxylic acid groups (broad SMARTS) is 1. The normalized spacial score (nSPS) is 10.6. The lowest BCUT2D eigenvalue weighted by Crippen LogP contribution is -2.36. The van der Waals surface area contributed by atoms with Crippen molar-refractivity contribution in [2.75, 3.05) is 13.1 Å². The van der Waals surface area contributed by atoms with Crippen LogP contribution in [0.4, 0.5) is 0 Å². The van der Waals surface area contributed by atoms with Crippen LogP contribution in [0.15, 0.2) is 30.3 Å². The van der Waals surface area contributed by atoms with Gasteiger partial charge in [-0.1, -0.05) is 25.1 Å². The van der Waals surface area contributed by atoms with Crippen molar-refractivity contribution < 1.29 is 14.7 Å². The zero-order chi connectivity index (χ0) is 17.0. The molecule has 0 unspecified atom stereocenters. The van der Waals surface area contributed by atoms with E-state index in [0.717, 1.165) is 5.69 Å². The van der Waals surface area contributed by atoms with Crippen LogP contribution in [0.5, 0.6) is 0 Å². The van der Waals surface area contributed by atoms with Gasteiger partial charge in [-0.25, -0.2) is 4.68 Å². The minimum Gasteiger partial charge on any atom is -0.480 e. The molecule has 1 heterocycles. The second-order valence-corrected chi connectivity index (χ2v) is 5.41. The quantitative estimate of drug-likeness (QED) is 0.888. The van der Waals surface area contributed by atoms with Crippen LogP contribution in [0, 0.1) is 13.8 Å². The Morgan fingerprint density at radius 3 is 2.43 bits per heavy atom. The van der Waals surface area contributed by atoms with Crippen molar-refractivity contribution >= 4 is 11.9 Å². The van der Waals surface area contributed by atoms with Crippen molar-refractivity contribution in [1.29, 1.82) is 0 Å². The van der Waals surface area contributed by atoms with Crippen LogP contribution in [0.3, 0.4) is 0 Å². The molecule has 1 aromatic carbocycles. The van der Waals surface area contributed by atoms with Crippen molar-refractivity contribution in [1.82, 2.24) is 14.7 Å². The minimum absolute atomic E-state index is 0.286. The summed E-state index contributed by atoms with van der Waals surface area (Å²) in [5, 5.41) is 13.5. The zero-order valence-corrected chi connectivity index (χ0v) is 13.6. The van der Waals surface area contributed by atoms with Crippen LogP contribution in [-0.4, -0.2) is 44.8 Å². The van der Waals surface area contributed by atoms with Crippen molar-refractivity contribution in [3.8, 4) is 5.69 Å². The van der Waals surface area contributed by atoms with E-state index in [0.29, 0.717) is 29.9 Å². The SMILES string of the molecule is CCCN(CC(=O)O)C(=O)c1c(C)nn(-c2ccccc2)c1C. The van der Waals surface area contributed by atoms with Crippen LogP contribution < -0.4 is 0 Å². The maximum Gasteiger partial charge on any atom is 0.323 e. The molecule has 0 saturated carbocycles. The third-order valence-electron chi connectivity index (χ3n) is 3.61. The first-order chi connectivity index (χ1) is 11.0. The van der Waals surface area contributed by atoms with E-state index in [1.54, 1.807) is 11.6 Å². The van der Waals surface area contributed by atoms with E-state index in [1.807, 2.05) is 44.2 Å². The summed E-state index contributed by atoms with van der Waals surface area (Å²) < 4.78 is 1.72. The topological polar surface area (TPSA) is 75.4 Å². The van der Waals surface area contributed by atoms with Crippen molar-refractivity contribution in [3.05, 3.63) is 47.3 Å². The molecule has 0 spiro atoms. The Morgan fingerprint density at radius 2 is 1.87 bits per heavy atom. The van der Waals surface area contributed by atoms with Crippen LogP contribution in [0.2, 0.25) is 0 Å². The van der Waals surface area contributed by atoms with Gasteiger partial charge in [-0.3, -0.25) is 9.59 Å². The number of aryl methyl sites for hydroxylation is 1. The highest BCUT2D eigenvalue weighted by Crippen LogP contribution is 2.19. The average molecular weight is 315 g/mol. The average Bonchev–Trinajstić information content (AvgIpc) is 2.81. The first kappa shape index (κ1) is 16.7. The standard InChI is InChI=1S/C17H21N3O3/c1-4-10-19(11-15(21)22)17(23)16-12(2)18-20(13(16)3)14-8-6-5-7-9-14/h5-9H,4,10-11H2,1-3H3,(H,21,22). The molecule has 0 aliphatic carbocycles. The summed E-state index contributed by atoms with van der Waals surface area (Å²) in [7, 11) is 0. The van der Waals surface area contributed by atoms with E-state index in [1.165, 1.54) is 4.90 Å². The summed E-state index contributed by atoms with van der Waals surface area (Å²) in [6.07, 6.45) is 0.698. The molecule has 0 atom stereocenters. The van der Waals surface area contributed by atoms with E-state index in [-0.39, 0.29) is 12.5 Å². The molecule has 0 fully saturated rings. The van der Waals surface area contributed by atoms with Crippen LogP contribution in [0.25, 0.3) is 5.69 Å². The molecule has 0 bridgehead atoms. The van der Waals surface area contributed by atoms with E-state index in [9.17, 15) is 9.59 Å². The van der Waals surface area contributed by atoms with E-state index >= 15 is 0 Å². The number of aliphatic carboxylic acids is 1. The number of para-hydroxylation sites is 1. The van der Waals surface area contributed by atoms with E-state index < -0.39 is 5.97 Å². The molecule has 1 N–H and O–H groups in total. The van der Waals surface area contributed by atoms with Gasteiger partial charge in [0.1, 0.15) is 6.54 Å². The van der Waals surface area contributed by atoms with Gasteiger partial charge in [0, 0.05) is 6.54 Å². The number of benzene rings is 1. The lowest BCUT2D eigenvalue weighted by molar-refractivity contribution is -0.137. The third-order valence-corrected chi connectivity index (χ3v) is 3.61. The van der Waals surface area contributed by atoms with Crippen LogP contribution in [0.1, 0.15) is 35.1 Å². The summed E-state index contributed by atoms with van der Waals surface area (Å²) in [6, 6.07) is 9.54. The van der Waals surface area contributed by atoms with Crippen LogP contribution in [-0.2, 0) is 4.79 Å². The highest BCUT2D eigenvalue weighted by atomic mass is 16.4. The van der Waals surface area contributed by atoms with Crippen LogP contribution >= 0.6 is 0 Å². The monoisotopic (exact) mass is 315 g/mol. The molecule has 23 heavy (non-hydrogen) atoms. The number of hydrogen-bond donors (Lipinski definition) is 1. The maximum atomic E-state index is 12.8. The lowest BCUT2D eigenvalue weighted by atomic mass is 10.1.